The molecule has 2 aromatic carbocycles. The lowest BCUT2D eigenvalue weighted by Gasteiger charge is -2.11. The highest BCUT2D eigenvalue weighted by Gasteiger charge is 2.08. The third-order valence-electron chi connectivity index (χ3n) is 3.22. The zero-order valence-corrected chi connectivity index (χ0v) is 12.3. The predicted octanol–water partition coefficient (Wildman–Crippen LogP) is 4.48. The van der Waals surface area contributed by atoms with Gasteiger partial charge in [-0.05, 0) is 36.8 Å². The first kappa shape index (κ1) is 13.9. The van der Waals surface area contributed by atoms with Crippen molar-refractivity contribution in [3.63, 3.8) is 0 Å². The number of aryl methyl sites for hydroxylation is 1. The summed E-state index contributed by atoms with van der Waals surface area (Å²) in [6, 6.07) is 15.0. The van der Waals surface area contributed by atoms with E-state index in [2.05, 4.69) is 4.98 Å². The van der Waals surface area contributed by atoms with Crippen molar-refractivity contribution in [2.75, 3.05) is 0 Å². The highest BCUT2D eigenvalue weighted by molar-refractivity contribution is 6.32. The molecule has 21 heavy (non-hydrogen) atoms. The average Bonchev–Trinajstić information content (AvgIpc) is 2.49. The van der Waals surface area contributed by atoms with Gasteiger partial charge >= 0.3 is 0 Å². The summed E-state index contributed by atoms with van der Waals surface area (Å²) >= 11 is 6.18. The number of fused-ring (bicyclic) bond motifs is 1. The lowest BCUT2D eigenvalue weighted by molar-refractivity contribution is 0.281. The van der Waals surface area contributed by atoms with Crippen LogP contribution in [0.5, 0.6) is 11.5 Å². The van der Waals surface area contributed by atoms with Crippen molar-refractivity contribution in [3.8, 4) is 11.5 Å². The highest BCUT2D eigenvalue weighted by atomic mass is 35.5. The van der Waals surface area contributed by atoms with Crippen LogP contribution in [0.4, 0.5) is 0 Å². The van der Waals surface area contributed by atoms with Gasteiger partial charge in [-0.25, -0.2) is 4.98 Å². The molecule has 0 radical (unpaired) electrons. The molecule has 0 saturated heterocycles. The number of ether oxygens (including phenoxy) is 1. The number of hydrogen-bond donors (Lipinski definition) is 1. The molecule has 0 saturated carbocycles. The Morgan fingerprint density at radius 1 is 1.10 bits per heavy atom. The predicted molar refractivity (Wildman–Crippen MR) is 83.9 cm³/mol. The topological polar surface area (TPSA) is 42.4 Å². The van der Waals surface area contributed by atoms with E-state index in [1.807, 2.05) is 37.3 Å². The van der Waals surface area contributed by atoms with Crippen molar-refractivity contribution in [2.45, 2.75) is 13.5 Å². The number of benzene rings is 2. The average molecular weight is 300 g/mol. The molecule has 0 aliphatic heterocycles. The Kier molecular flexibility index (Phi) is 3.78. The van der Waals surface area contributed by atoms with Crippen molar-refractivity contribution in [2.24, 2.45) is 0 Å². The van der Waals surface area contributed by atoms with Crippen LogP contribution in [0.15, 0.2) is 48.5 Å². The first-order chi connectivity index (χ1) is 10.2. The van der Waals surface area contributed by atoms with Crippen LogP contribution in [0.25, 0.3) is 10.9 Å². The van der Waals surface area contributed by atoms with Gasteiger partial charge in [0.1, 0.15) is 11.3 Å². The number of aliphatic hydroxyl groups is 1. The zero-order chi connectivity index (χ0) is 14.8. The Morgan fingerprint density at radius 3 is 2.71 bits per heavy atom. The molecule has 1 aromatic heterocycles. The summed E-state index contributed by atoms with van der Waals surface area (Å²) < 4.78 is 5.90. The molecule has 0 aliphatic rings. The number of hydrogen-bond acceptors (Lipinski definition) is 3. The van der Waals surface area contributed by atoms with Gasteiger partial charge in [-0.15, -0.1) is 0 Å². The fourth-order valence-corrected chi connectivity index (χ4v) is 2.39. The molecule has 0 spiro atoms. The van der Waals surface area contributed by atoms with Gasteiger partial charge < -0.3 is 9.84 Å². The van der Waals surface area contributed by atoms with Crippen LogP contribution < -0.4 is 4.74 Å². The van der Waals surface area contributed by atoms with E-state index in [-0.39, 0.29) is 6.61 Å². The molecule has 106 valence electrons. The van der Waals surface area contributed by atoms with E-state index in [1.54, 1.807) is 18.2 Å². The molecule has 0 unspecified atom stereocenters. The molecule has 3 nitrogen and oxygen atoms in total. The Hall–Kier alpha value is -2.10. The minimum absolute atomic E-state index is 0.0466. The molecule has 3 aromatic rings. The quantitative estimate of drug-likeness (QED) is 0.775. The van der Waals surface area contributed by atoms with Gasteiger partial charge in [0, 0.05) is 11.1 Å². The number of rotatable bonds is 3. The zero-order valence-electron chi connectivity index (χ0n) is 11.5. The van der Waals surface area contributed by atoms with E-state index in [1.165, 1.54) is 0 Å². The fourth-order valence-electron chi connectivity index (χ4n) is 2.14. The summed E-state index contributed by atoms with van der Waals surface area (Å²) in [5, 5.41) is 10.6. The van der Waals surface area contributed by atoms with Gasteiger partial charge in [-0.1, -0.05) is 35.9 Å². The molecular weight excluding hydrogens is 286 g/mol. The van der Waals surface area contributed by atoms with Crippen LogP contribution in [0.3, 0.4) is 0 Å². The fraction of sp³-hybridized carbons (Fsp3) is 0.118. The van der Waals surface area contributed by atoms with E-state index in [9.17, 15) is 0 Å². The van der Waals surface area contributed by atoms with Gasteiger partial charge in [0.25, 0.3) is 0 Å². The van der Waals surface area contributed by atoms with Crippen molar-refractivity contribution in [3.05, 3.63) is 64.8 Å². The monoisotopic (exact) mass is 299 g/mol. The molecule has 0 fully saturated rings. The third kappa shape index (κ3) is 2.84. The summed E-state index contributed by atoms with van der Waals surface area (Å²) in [5.41, 5.74) is 2.49. The number of aliphatic hydroxyl groups excluding tert-OH is 1. The minimum Gasteiger partial charge on any atom is -0.454 e. The largest absolute Gasteiger partial charge is 0.454 e. The van der Waals surface area contributed by atoms with Crippen LogP contribution in [-0.4, -0.2) is 10.1 Å². The number of nitrogens with zero attached hydrogens (tertiary/aromatic N) is 1. The summed E-state index contributed by atoms with van der Waals surface area (Å²) in [6.07, 6.45) is 0. The summed E-state index contributed by atoms with van der Waals surface area (Å²) in [7, 11) is 0. The summed E-state index contributed by atoms with van der Waals surface area (Å²) in [6.45, 7) is 1.90. The van der Waals surface area contributed by atoms with E-state index in [4.69, 9.17) is 21.4 Å². The van der Waals surface area contributed by atoms with Gasteiger partial charge in [0.15, 0.2) is 5.75 Å². The molecule has 0 amide bonds. The van der Waals surface area contributed by atoms with Crippen LogP contribution in [0.2, 0.25) is 5.02 Å². The Morgan fingerprint density at radius 2 is 1.95 bits per heavy atom. The van der Waals surface area contributed by atoms with Crippen molar-refractivity contribution < 1.29 is 9.84 Å². The second kappa shape index (κ2) is 5.72. The van der Waals surface area contributed by atoms with Crippen molar-refractivity contribution in [1.82, 2.24) is 4.98 Å². The standard InChI is InChI=1S/C17H14ClNO2/c1-11-5-7-13-3-2-4-16(17(13)19-11)21-15-8-6-12(10-20)9-14(15)18/h2-9,20H,10H2,1H3. The van der Waals surface area contributed by atoms with E-state index < -0.39 is 0 Å². The molecule has 3 rings (SSSR count). The molecule has 0 atom stereocenters. The van der Waals surface area contributed by atoms with Gasteiger partial charge in [0.2, 0.25) is 0 Å². The number of para-hydroxylation sites is 1. The number of halogens is 1. The van der Waals surface area contributed by atoms with Crippen LogP contribution in [0, 0.1) is 6.92 Å². The molecule has 0 aliphatic carbocycles. The Balaban J connectivity index is 2.04. The smallest absolute Gasteiger partial charge is 0.153 e. The maximum absolute atomic E-state index is 9.11. The molecule has 0 bridgehead atoms. The SMILES string of the molecule is Cc1ccc2cccc(Oc3ccc(CO)cc3Cl)c2n1. The lowest BCUT2D eigenvalue weighted by atomic mass is 10.2. The lowest BCUT2D eigenvalue weighted by Crippen LogP contribution is -1.91. The van der Waals surface area contributed by atoms with Gasteiger partial charge in [0.05, 0.1) is 11.6 Å². The Bertz CT molecular complexity index is 802. The first-order valence-electron chi connectivity index (χ1n) is 6.61. The van der Waals surface area contributed by atoms with Gasteiger partial charge in [-0.2, -0.15) is 0 Å². The van der Waals surface area contributed by atoms with Crippen LogP contribution in [-0.2, 0) is 6.61 Å². The van der Waals surface area contributed by atoms with Crippen molar-refractivity contribution in [1.29, 1.82) is 0 Å². The summed E-state index contributed by atoms with van der Waals surface area (Å²) in [4.78, 5) is 4.53. The van der Waals surface area contributed by atoms with E-state index >= 15 is 0 Å². The molecule has 4 heteroatoms. The van der Waals surface area contributed by atoms with Crippen molar-refractivity contribution >= 4 is 22.5 Å². The second-order valence-corrected chi connectivity index (χ2v) is 5.21. The minimum atomic E-state index is -0.0466. The first-order valence-corrected chi connectivity index (χ1v) is 6.98. The maximum Gasteiger partial charge on any atom is 0.153 e. The molecule has 1 N–H and O–H groups in total. The third-order valence-corrected chi connectivity index (χ3v) is 3.52. The van der Waals surface area contributed by atoms with Gasteiger partial charge in [-0.3, -0.25) is 0 Å². The van der Waals surface area contributed by atoms with E-state index in [0.717, 1.165) is 22.2 Å². The van der Waals surface area contributed by atoms with E-state index in [0.29, 0.717) is 16.5 Å². The highest BCUT2D eigenvalue weighted by Crippen LogP contribution is 2.33. The normalized spacial score (nSPS) is 10.8. The molecule has 1 heterocycles. The number of aromatic nitrogens is 1. The number of pyridine rings is 1. The molecular formula is C17H14ClNO2. The second-order valence-electron chi connectivity index (χ2n) is 4.81. The maximum atomic E-state index is 9.11. The Labute approximate surface area is 127 Å². The van der Waals surface area contributed by atoms with Crippen LogP contribution >= 0.6 is 11.6 Å². The summed E-state index contributed by atoms with van der Waals surface area (Å²) in [5.74, 6) is 1.21. The van der Waals surface area contributed by atoms with Crippen LogP contribution in [0.1, 0.15) is 11.3 Å².